The summed E-state index contributed by atoms with van der Waals surface area (Å²) in [6.07, 6.45) is 0. The van der Waals surface area contributed by atoms with Crippen molar-refractivity contribution in [2.45, 2.75) is 24.6 Å². The summed E-state index contributed by atoms with van der Waals surface area (Å²) in [6, 6.07) is 0. The van der Waals surface area contributed by atoms with Crippen LogP contribution < -0.4 is 0 Å². The van der Waals surface area contributed by atoms with Crippen LogP contribution in [0.3, 0.4) is 0 Å². The lowest BCUT2D eigenvalue weighted by molar-refractivity contribution is -0.137. The van der Waals surface area contributed by atoms with Crippen molar-refractivity contribution in [3.63, 3.8) is 0 Å². The first-order valence-corrected chi connectivity index (χ1v) is 4.59. The third-order valence-electron chi connectivity index (χ3n) is 1.31. The third kappa shape index (κ3) is 3.33. The highest BCUT2D eigenvalue weighted by Gasteiger charge is 2.46. The summed E-state index contributed by atoms with van der Waals surface area (Å²) in [5.74, 6) is -2.51. The first-order chi connectivity index (χ1) is 5.68. The maximum Gasteiger partial charge on any atom is 0.472 e. The third-order valence-corrected chi connectivity index (χ3v) is 2.97. The lowest BCUT2D eigenvalue weighted by atomic mass is 10.1. The van der Waals surface area contributed by atoms with Gasteiger partial charge in [-0.15, -0.1) is 0 Å². The van der Waals surface area contributed by atoms with Crippen molar-refractivity contribution in [2.24, 2.45) is 5.92 Å². The van der Waals surface area contributed by atoms with Gasteiger partial charge in [-0.3, -0.25) is 4.79 Å². The van der Waals surface area contributed by atoms with E-state index in [9.17, 15) is 22.2 Å². The first-order valence-electron chi connectivity index (χ1n) is 3.38. The maximum absolute atomic E-state index is 11.9. The van der Waals surface area contributed by atoms with Gasteiger partial charge in [0.05, 0.1) is 0 Å². The number of hydrogen-bond donors (Lipinski definition) is 1. The number of halogens is 3. The average molecular weight is 218 g/mol. The molecular formula is C6H9F3O3S. The molecule has 0 radical (unpaired) electrons. The summed E-state index contributed by atoms with van der Waals surface area (Å²) in [4.78, 5) is 10.3. The minimum Gasteiger partial charge on any atom is -0.480 e. The van der Waals surface area contributed by atoms with Gasteiger partial charge in [-0.1, -0.05) is 13.8 Å². The largest absolute Gasteiger partial charge is 0.480 e. The SMILES string of the molecule is CC(C)C(C(=O)O)S(=O)C(F)(F)F. The zero-order chi connectivity index (χ0) is 10.8. The number of carboxylic acids is 1. The van der Waals surface area contributed by atoms with Crippen molar-refractivity contribution in [1.82, 2.24) is 0 Å². The van der Waals surface area contributed by atoms with Crippen LogP contribution in [-0.4, -0.2) is 26.0 Å². The zero-order valence-corrected chi connectivity index (χ0v) is 7.78. The van der Waals surface area contributed by atoms with Gasteiger partial charge in [-0.2, -0.15) is 13.2 Å². The summed E-state index contributed by atoms with van der Waals surface area (Å²) in [5.41, 5.74) is -4.96. The molecule has 0 aliphatic carbocycles. The van der Waals surface area contributed by atoms with Crippen LogP contribution in [0.25, 0.3) is 0 Å². The van der Waals surface area contributed by atoms with Crippen LogP contribution in [0.15, 0.2) is 0 Å². The van der Waals surface area contributed by atoms with Crippen molar-refractivity contribution in [3.8, 4) is 0 Å². The maximum atomic E-state index is 11.9. The van der Waals surface area contributed by atoms with Gasteiger partial charge in [0.1, 0.15) is 16.0 Å². The summed E-state index contributed by atoms with van der Waals surface area (Å²) in [6.45, 7) is 2.56. The number of hydrogen-bond acceptors (Lipinski definition) is 2. The van der Waals surface area contributed by atoms with E-state index in [4.69, 9.17) is 5.11 Å². The molecule has 0 aromatic carbocycles. The van der Waals surface area contributed by atoms with Gasteiger partial charge in [0.2, 0.25) is 0 Å². The Morgan fingerprint density at radius 3 is 1.85 bits per heavy atom. The highest BCUT2D eigenvalue weighted by Crippen LogP contribution is 2.26. The highest BCUT2D eigenvalue weighted by atomic mass is 32.2. The first kappa shape index (κ1) is 12.4. The van der Waals surface area contributed by atoms with Gasteiger partial charge in [-0.05, 0) is 5.92 Å². The minimum absolute atomic E-state index is 0.819. The number of rotatable bonds is 3. The Kier molecular flexibility index (Phi) is 3.89. The molecule has 3 nitrogen and oxygen atoms in total. The summed E-state index contributed by atoms with van der Waals surface area (Å²) >= 11 is 0. The summed E-state index contributed by atoms with van der Waals surface area (Å²) in [7, 11) is -3.33. The molecule has 7 heteroatoms. The van der Waals surface area contributed by atoms with Gasteiger partial charge in [0, 0.05) is 0 Å². The fourth-order valence-electron chi connectivity index (χ4n) is 0.768. The quantitative estimate of drug-likeness (QED) is 0.778. The second-order valence-electron chi connectivity index (χ2n) is 2.75. The van der Waals surface area contributed by atoms with E-state index in [0.717, 1.165) is 0 Å². The Labute approximate surface area is 75.4 Å². The monoisotopic (exact) mass is 218 g/mol. The van der Waals surface area contributed by atoms with E-state index in [2.05, 4.69) is 0 Å². The van der Waals surface area contributed by atoms with Gasteiger partial charge in [0.25, 0.3) is 0 Å². The molecule has 0 spiro atoms. The number of aliphatic carboxylic acids is 1. The minimum atomic E-state index is -4.96. The predicted octanol–water partition coefficient (Wildman–Crippen LogP) is 1.36. The second-order valence-corrected chi connectivity index (χ2v) is 4.31. The van der Waals surface area contributed by atoms with Crippen LogP contribution in [0.4, 0.5) is 13.2 Å². The number of carboxylic acid groups (broad SMARTS) is 1. The molecule has 0 rings (SSSR count). The number of carbonyl (C=O) groups is 1. The molecule has 1 N–H and O–H groups in total. The van der Waals surface area contributed by atoms with E-state index in [1.54, 1.807) is 0 Å². The molecule has 78 valence electrons. The van der Waals surface area contributed by atoms with E-state index in [1.165, 1.54) is 13.8 Å². The molecule has 0 heterocycles. The molecule has 0 saturated heterocycles. The Morgan fingerprint density at radius 2 is 1.77 bits per heavy atom. The zero-order valence-electron chi connectivity index (χ0n) is 6.96. The van der Waals surface area contributed by atoms with Crippen molar-refractivity contribution in [2.75, 3.05) is 0 Å². The van der Waals surface area contributed by atoms with E-state index in [-0.39, 0.29) is 0 Å². The molecule has 0 aliphatic rings. The van der Waals surface area contributed by atoms with Crippen molar-refractivity contribution in [3.05, 3.63) is 0 Å². The Bertz CT molecular complexity index is 224. The Hall–Kier alpha value is -0.590. The molecule has 0 aromatic heterocycles. The molecule has 2 atom stereocenters. The van der Waals surface area contributed by atoms with Crippen LogP contribution in [0.1, 0.15) is 13.8 Å². The van der Waals surface area contributed by atoms with Crippen LogP contribution in [0.5, 0.6) is 0 Å². The van der Waals surface area contributed by atoms with Crippen molar-refractivity contribution < 1.29 is 27.3 Å². The summed E-state index contributed by atoms with van der Waals surface area (Å²) in [5, 5.41) is 6.50. The molecule has 0 bridgehead atoms. The second kappa shape index (κ2) is 4.08. The predicted molar refractivity (Wildman–Crippen MR) is 40.5 cm³/mol. The molecule has 0 amide bonds. The lowest BCUT2D eigenvalue weighted by Crippen LogP contribution is -2.37. The van der Waals surface area contributed by atoms with Gasteiger partial charge < -0.3 is 5.11 Å². The Morgan fingerprint density at radius 1 is 1.38 bits per heavy atom. The van der Waals surface area contributed by atoms with E-state index < -0.39 is 33.4 Å². The average Bonchev–Trinajstić information content (AvgIpc) is 1.82. The van der Waals surface area contributed by atoms with Crippen molar-refractivity contribution >= 4 is 16.8 Å². The van der Waals surface area contributed by atoms with Crippen molar-refractivity contribution in [1.29, 1.82) is 0 Å². The van der Waals surface area contributed by atoms with Gasteiger partial charge in [-0.25, -0.2) is 4.21 Å². The molecule has 0 fully saturated rings. The standard InChI is InChI=1S/C6H9F3O3S/c1-3(2)4(5(10)11)13(12)6(7,8)9/h3-4H,1-2H3,(H,10,11). The topological polar surface area (TPSA) is 54.4 Å². The molecule has 0 saturated carbocycles. The van der Waals surface area contributed by atoms with E-state index in [1.807, 2.05) is 0 Å². The molecule has 13 heavy (non-hydrogen) atoms. The lowest BCUT2D eigenvalue weighted by Gasteiger charge is -2.16. The van der Waals surface area contributed by atoms with Crippen LogP contribution in [-0.2, 0) is 15.6 Å². The highest BCUT2D eigenvalue weighted by molar-refractivity contribution is 7.87. The molecule has 2 unspecified atom stereocenters. The fraction of sp³-hybridized carbons (Fsp3) is 0.833. The number of alkyl halides is 3. The molecular weight excluding hydrogens is 209 g/mol. The van der Waals surface area contributed by atoms with Crippen LogP contribution in [0.2, 0.25) is 0 Å². The normalized spacial score (nSPS) is 17.1. The Balaban J connectivity index is 4.78. The molecule has 0 aromatic rings. The van der Waals surface area contributed by atoms with E-state index >= 15 is 0 Å². The van der Waals surface area contributed by atoms with Gasteiger partial charge in [0.15, 0.2) is 0 Å². The van der Waals surface area contributed by atoms with Crippen LogP contribution in [0, 0.1) is 5.92 Å². The molecule has 0 aliphatic heterocycles. The summed E-state index contributed by atoms with van der Waals surface area (Å²) < 4.78 is 46.2. The van der Waals surface area contributed by atoms with Crippen LogP contribution >= 0.6 is 0 Å². The fourth-order valence-corrected chi connectivity index (χ4v) is 1.73. The van der Waals surface area contributed by atoms with Gasteiger partial charge >= 0.3 is 11.5 Å². The smallest absolute Gasteiger partial charge is 0.472 e. The van der Waals surface area contributed by atoms with E-state index in [0.29, 0.717) is 0 Å².